The maximum atomic E-state index is 12.5. The van der Waals surface area contributed by atoms with Crippen molar-refractivity contribution in [2.45, 2.75) is 45.2 Å². The summed E-state index contributed by atoms with van der Waals surface area (Å²) in [6.45, 7) is 6.42. The number of hydrogen-bond acceptors (Lipinski definition) is 4. The highest BCUT2D eigenvalue weighted by Crippen LogP contribution is 2.39. The Morgan fingerprint density at radius 2 is 1.93 bits per heavy atom. The summed E-state index contributed by atoms with van der Waals surface area (Å²) in [5.74, 6) is 0.992. The van der Waals surface area contributed by atoms with E-state index in [1.54, 1.807) is 7.11 Å². The number of aryl methyl sites for hydroxylation is 1. The van der Waals surface area contributed by atoms with Crippen LogP contribution < -0.4 is 10.1 Å². The molecule has 1 aliphatic heterocycles. The molecular weight excluding hydrogens is 364 g/mol. The number of aromatic nitrogens is 1. The van der Waals surface area contributed by atoms with Gasteiger partial charge in [-0.3, -0.25) is 10.1 Å². The van der Waals surface area contributed by atoms with Crippen molar-refractivity contribution in [3.05, 3.63) is 64.3 Å². The molecule has 0 radical (unpaired) electrons. The summed E-state index contributed by atoms with van der Waals surface area (Å²) in [6, 6.07) is 12.1. The van der Waals surface area contributed by atoms with Gasteiger partial charge < -0.3 is 14.5 Å². The van der Waals surface area contributed by atoms with Crippen molar-refractivity contribution >= 4 is 16.9 Å². The molecule has 5 nitrogen and oxygen atoms in total. The van der Waals surface area contributed by atoms with E-state index < -0.39 is 0 Å². The van der Waals surface area contributed by atoms with Gasteiger partial charge in [0, 0.05) is 23.0 Å². The van der Waals surface area contributed by atoms with Gasteiger partial charge in [-0.2, -0.15) is 0 Å². The number of H-pyrrole nitrogens is 1. The molecule has 152 valence electrons. The maximum Gasteiger partial charge on any atom is 0.323 e. The van der Waals surface area contributed by atoms with Crippen LogP contribution in [0.1, 0.15) is 53.8 Å². The second kappa shape index (κ2) is 7.56. The summed E-state index contributed by atoms with van der Waals surface area (Å²) in [5.41, 5.74) is 6.82. The quantitative estimate of drug-likeness (QED) is 0.647. The van der Waals surface area contributed by atoms with Gasteiger partial charge in [0.25, 0.3) is 0 Å². The Balaban J connectivity index is 1.91. The maximum absolute atomic E-state index is 12.5. The van der Waals surface area contributed by atoms with Gasteiger partial charge in [0.15, 0.2) is 0 Å². The van der Waals surface area contributed by atoms with E-state index in [2.05, 4.69) is 55.3 Å². The average molecular weight is 392 g/mol. The summed E-state index contributed by atoms with van der Waals surface area (Å²) in [7, 11) is 3.15. The van der Waals surface area contributed by atoms with Crippen LogP contribution in [-0.2, 0) is 16.0 Å². The fourth-order valence-corrected chi connectivity index (χ4v) is 4.43. The Kier molecular flexibility index (Phi) is 5.09. The van der Waals surface area contributed by atoms with E-state index in [1.807, 2.05) is 12.1 Å². The number of carbonyl (C=O) groups is 1. The molecule has 0 fully saturated rings. The molecule has 0 aliphatic carbocycles. The molecule has 1 aliphatic rings. The Hall–Kier alpha value is -2.79. The number of methoxy groups -OCH3 is 2. The first-order valence-corrected chi connectivity index (χ1v) is 10.1. The Labute approximate surface area is 171 Å². The van der Waals surface area contributed by atoms with Gasteiger partial charge in [-0.15, -0.1) is 0 Å². The van der Waals surface area contributed by atoms with Crippen molar-refractivity contribution < 1.29 is 14.3 Å². The Morgan fingerprint density at radius 3 is 2.62 bits per heavy atom. The van der Waals surface area contributed by atoms with Crippen LogP contribution in [0.4, 0.5) is 0 Å². The molecule has 0 bridgehead atoms. The first kappa shape index (κ1) is 19.5. The fourth-order valence-electron chi connectivity index (χ4n) is 4.43. The number of esters is 1. The van der Waals surface area contributed by atoms with Crippen molar-refractivity contribution in [2.24, 2.45) is 0 Å². The van der Waals surface area contributed by atoms with Crippen LogP contribution in [0.3, 0.4) is 0 Å². The normalized spacial score (nSPS) is 18.7. The minimum atomic E-state index is -0.388. The second-order valence-corrected chi connectivity index (χ2v) is 8.05. The van der Waals surface area contributed by atoms with Gasteiger partial charge in [0.2, 0.25) is 0 Å². The highest BCUT2D eigenvalue weighted by molar-refractivity contribution is 5.87. The highest BCUT2D eigenvalue weighted by atomic mass is 16.5. The minimum absolute atomic E-state index is 0.126. The van der Waals surface area contributed by atoms with Crippen molar-refractivity contribution in [1.82, 2.24) is 10.3 Å². The molecule has 2 N–H and O–H groups in total. The first-order valence-electron chi connectivity index (χ1n) is 10.1. The number of benzene rings is 2. The Bertz CT molecular complexity index is 1070. The minimum Gasteiger partial charge on any atom is -0.496 e. The molecule has 4 rings (SSSR count). The summed E-state index contributed by atoms with van der Waals surface area (Å²) in [4.78, 5) is 16.1. The lowest BCUT2D eigenvalue weighted by molar-refractivity contribution is -0.143. The lowest BCUT2D eigenvalue weighted by Gasteiger charge is -2.32. The average Bonchev–Trinajstić information content (AvgIpc) is 3.10. The topological polar surface area (TPSA) is 63.4 Å². The van der Waals surface area contributed by atoms with Crippen LogP contribution in [0.25, 0.3) is 10.9 Å². The number of fused-ring (bicyclic) bond motifs is 3. The number of rotatable bonds is 4. The van der Waals surface area contributed by atoms with Gasteiger partial charge in [-0.25, -0.2) is 0 Å². The van der Waals surface area contributed by atoms with Crippen LogP contribution >= 0.6 is 0 Å². The molecule has 2 heterocycles. The van der Waals surface area contributed by atoms with Crippen LogP contribution in [0, 0.1) is 6.92 Å². The molecule has 0 saturated carbocycles. The molecule has 0 amide bonds. The van der Waals surface area contributed by atoms with Gasteiger partial charge in [-0.1, -0.05) is 32.0 Å². The predicted molar refractivity (Wildman–Crippen MR) is 115 cm³/mol. The van der Waals surface area contributed by atoms with Crippen molar-refractivity contribution in [1.29, 1.82) is 0 Å². The van der Waals surface area contributed by atoms with Gasteiger partial charge >= 0.3 is 5.97 Å². The van der Waals surface area contributed by atoms with Gasteiger partial charge in [0.1, 0.15) is 11.8 Å². The van der Waals surface area contributed by atoms with E-state index in [0.29, 0.717) is 12.3 Å². The first-order chi connectivity index (χ1) is 13.9. The molecule has 2 aromatic carbocycles. The largest absolute Gasteiger partial charge is 0.496 e. The third-order valence-corrected chi connectivity index (χ3v) is 5.95. The van der Waals surface area contributed by atoms with E-state index in [0.717, 1.165) is 39.0 Å². The van der Waals surface area contributed by atoms with Crippen molar-refractivity contribution in [3.8, 4) is 5.75 Å². The van der Waals surface area contributed by atoms with Gasteiger partial charge in [-0.05, 0) is 53.3 Å². The lowest BCUT2D eigenvalue weighted by atomic mass is 9.86. The molecule has 0 spiro atoms. The van der Waals surface area contributed by atoms with Crippen LogP contribution in [0.2, 0.25) is 0 Å². The number of nitrogens with one attached hydrogen (secondary N) is 2. The SMILES string of the molecule is COC(=O)C1Cc2c([nH]c3ccccc23)C(c2cc(C(C)C)c(OC)cc2C)N1. The summed E-state index contributed by atoms with van der Waals surface area (Å²) < 4.78 is 10.7. The molecule has 5 heteroatoms. The molecule has 0 saturated heterocycles. The van der Waals surface area contributed by atoms with Gasteiger partial charge in [0.05, 0.1) is 20.3 Å². The standard InChI is InChI=1S/C24H28N2O3/c1-13(2)16-11-17(14(3)10-21(16)28-4)22-23-18(12-20(26-22)24(27)29-5)15-8-6-7-9-19(15)25-23/h6-11,13,20,22,25-26H,12H2,1-5H3. The van der Waals surface area contributed by atoms with E-state index in [1.165, 1.54) is 12.7 Å². The zero-order valence-electron chi connectivity index (χ0n) is 17.6. The second-order valence-electron chi connectivity index (χ2n) is 8.05. The number of carbonyl (C=O) groups excluding carboxylic acids is 1. The Morgan fingerprint density at radius 1 is 1.17 bits per heavy atom. The molecule has 2 atom stereocenters. The monoisotopic (exact) mass is 392 g/mol. The lowest BCUT2D eigenvalue weighted by Crippen LogP contribution is -2.45. The van der Waals surface area contributed by atoms with Crippen LogP contribution in [0.5, 0.6) is 5.75 Å². The third-order valence-electron chi connectivity index (χ3n) is 5.95. The highest BCUT2D eigenvalue weighted by Gasteiger charge is 2.35. The fraction of sp³-hybridized carbons (Fsp3) is 0.375. The van der Waals surface area contributed by atoms with E-state index >= 15 is 0 Å². The predicted octanol–water partition coefficient (Wildman–Crippen LogP) is 4.39. The number of ether oxygens (including phenoxy) is 2. The molecular formula is C24H28N2O3. The summed E-state index contributed by atoms with van der Waals surface area (Å²) in [5, 5.41) is 4.70. The van der Waals surface area contributed by atoms with E-state index in [9.17, 15) is 4.79 Å². The van der Waals surface area contributed by atoms with E-state index in [4.69, 9.17) is 9.47 Å². The van der Waals surface area contributed by atoms with E-state index in [-0.39, 0.29) is 18.1 Å². The number of aromatic amines is 1. The smallest absolute Gasteiger partial charge is 0.323 e. The number of hydrogen-bond donors (Lipinski definition) is 2. The summed E-state index contributed by atoms with van der Waals surface area (Å²) in [6.07, 6.45) is 0.606. The zero-order valence-corrected chi connectivity index (χ0v) is 17.6. The van der Waals surface area contributed by atoms with Crippen LogP contribution in [-0.4, -0.2) is 31.2 Å². The molecule has 2 unspecified atom stereocenters. The molecule has 1 aromatic heterocycles. The number of para-hydroxylation sites is 1. The third kappa shape index (κ3) is 3.29. The summed E-state index contributed by atoms with van der Waals surface area (Å²) >= 11 is 0. The molecule has 29 heavy (non-hydrogen) atoms. The van der Waals surface area contributed by atoms with Crippen molar-refractivity contribution in [2.75, 3.05) is 14.2 Å². The zero-order chi connectivity index (χ0) is 20.7. The molecule has 3 aromatic rings. The van der Waals surface area contributed by atoms with Crippen LogP contribution in [0.15, 0.2) is 36.4 Å². The van der Waals surface area contributed by atoms with Crippen molar-refractivity contribution in [3.63, 3.8) is 0 Å².